The summed E-state index contributed by atoms with van der Waals surface area (Å²) >= 11 is 0. The first-order chi connectivity index (χ1) is 12.2. The molecule has 0 aliphatic rings. The van der Waals surface area contributed by atoms with Gasteiger partial charge in [-0.25, -0.2) is 4.57 Å². The number of para-hydroxylation sites is 2. The molecule has 126 valence electrons. The predicted octanol–water partition coefficient (Wildman–Crippen LogP) is 4.23. The van der Waals surface area contributed by atoms with E-state index in [1.54, 1.807) is 72.8 Å². The van der Waals surface area contributed by atoms with Crippen LogP contribution in [0.25, 0.3) is 0 Å². The van der Waals surface area contributed by atoms with Gasteiger partial charge in [0.25, 0.3) is 0 Å². The molecule has 0 unspecified atom stereocenters. The molecule has 0 aliphatic heterocycles. The van der Waals surface area contributed by atoms with Gasteiger partial charge in [0.2, 0.25) is 6.41 Å². The molecule has 0 radical (unpaired) electrons. The molecule has 0 atom stereocenters. The number of benzene rings is 3. The lowest BCUT2D eigenvalue weighted by Gasteiger charge is -2.20. The molecule has 0 fully saturated rings. The molecule has 0 bridgehead atoms. The van der Waals surface area contributed by atoms with Crippen molar-refractivity contribution in [2.75, 3.05) is 5.32 Å². The fourth-order valence-corrected chi connectivity index (χ4v) is 3.73. The van der Waals surface area contributed by atoms with Crippen LogP contribution in [-0.2, 0) is 9.36 Å². The van der Waals surface area contributed by atoms with Gasteiger partial charge in [0, 0.05) is 5.69 Å². The number of amides is 1. The van der Waals surface area contributed by atoms with E-state index in [1.807, 2.05) is 12.1 Å². The van der Waals surface area contributed by atoms with Crippen molar-refractivity contribution in [1.82, 2.24) is 0 Å². The van der Waals surface area contributed by atoms with Crippen molar-refractivity contribution in [1.29, 1.82) is 0 Å². The molecule has 1 amide bonds. The van der Waals surface area contributed by atoms with Gasteiger partial charge in [-0.15, -0.1) is 0 Å². The Kier molecular flexibility index (Phi) is 5.17. The zero-order valence-corrected chi connectivity index (χ0v) is 14.1. The van der Waals surface area contributed by atoms with Gasteiger partial charge in [-0.05, 0) is 48.5 Å². The second-order valence-electron chi connectivity index (χ2n) is 5.12. The van der Waals surface area contributed by atoms with E-state index in [0.29, 0.717) is 28.9 Å². The van der Waals surface area contributed by atoms with Crippen LogP contribution in [0.15, 0.2) is 84.9 Å². The fraction of sp³-hybridized carbons (Fsp3) is 0. The minimum Gasteiger partial charge on any atom is -0.413 e. The van der Waals surface area contributed by atoms with Crippen molar-refractivity contribution < 1.29 is 18.4 Å². The number of carbonyl (C=O) groups excluding carboxylic acids is 1. The summed E-state index contributed by atoms with van der Waals surface area (Å²) in [5.74, 6) is 0.883. The highest BCUT2D eigenvalue weighted by atomic mass is 31.2. The SMILES string of the molecule is O=CNc1ccc(P(=O)(Oc2ccccc2)Oc2ccccc2)cc1. The first-order valence-corrected chi connectivity index (χ1v) is 9.14. The van der Waals surface area contributed by atoms with Crippen LogP contribution in [-0.4, -0.2) is 6.41 Å². The molecular formula is C19H16NO4P. The van der Waals surface area contributed by atoms with E-state index in [0.717, 1.165) is 0 Å². The molecule has 0 saturated carbocycles. The van der Waals surface area contributed by atoms with Crippen LogP contribution >= 0.6 is 7.60 Å². The average Bonchev–Trinajstić information content (AvgIpc) is 2.64. The van der Waals surface area contributed by atoms with Crippen LogP contribution < -0.4 is 19.7 Å². The summed E-state index contributed by atoms with van der Waals surface area (Å²) in [7, 11) is -3.67. The zero-order valence-electron chi connectivity index (χ0n) is 13.2. The first-order valence-electron chi connectivity index (χ1n) is 7.60. The molecule has 0 heterocycles. The standard InChI is InChI=1S/C19H16NO4P/c21-15-20-16-11-13-19(14-12-16)25(22,23-17-7-3-1-4-8-17)24-18-9-5-2-6-10-18/h1-15H,(H,20,21). The van der Waals surface area contributed by atoms with Crippen molar-refractivity contribution in [3.8, 4) is 11.5 Å². The first kappa shape index (κ1) is 16.8. The van der Waals surface area contributed by atoms with Gasteiger partial charge in [0.1, 0.15) is 11.5 Å². The van der Waals surface area contributed by atoms with Gasteiger partial charge in [-0.2, -0.15) is 0 Å². The summed E-state index contributed by atoms with van der Waals surface area (Å²) < 4.78 is 25.0. The zero-order chi connectivity index (χ0) is 17.5. The van der Waals surface area contributed by atoms with Gasteiger partial charge in [-0.3, -0.25) is 4.79 Å². The smallest absolute Gasteiger partial charge is 0.413 e. The quantitative estimate of drug-likeness (QED) is 0.510. The van der Waals surface area contributed by atoms with Gasteiger partial charge in [0.05, 0.1) is 5.30 Å². The van der Waals surface area contributed by atoms with E-state index < -0.39 is 7.60 Å². The monoisotopic (exact) mass is 353 g/mol. The van der Waals surface area contributed by atoms with Crippen LogP contribution in [0.1, 0.15) is 0 Å². The van der Waals surface area contributed by atoms with E-state index in [4.69, 9.17) is 9.05 Å². The summed E-state index contributed by atoms with van der Waals surface area (Å²) in [6.07, 6.45) is 0.579. The minimum atomic E-state index is -3.67. The lowest BCUT2D eigenvalue weighted by atomic mass is 10.3. The summed E-state index contributed by atoms with van der Waals surface area (Å²) in [5, 5.41) is 2.92. The molecule has 0 saturated heterocycles. The molecule has 5 nitrogen and oxygen atoms in total. The predicted molar refractivity (Wildman–Crippen MR) is 97.5 cm³/mol. The van der Waals surface area contributed by atoms with E-state index >= 15 is 0 Å². The van der Waals surface area contributed by atoms with E-state index in [1.165, 1.54) is 0 Å². The van der Waals surface area contributed by atoms with E-state index in [2.05, 4.69) is 5.32 Å². The maximum Gasteiger partial charge on any atom is 0.462 e. The third-order valence-corrected chi connectivity index (χ3v) is 5.18. The lowest BCUT2D eigenvalue weighted by Crippen LogP contribution is -2.15. The van der Waals surface area contributed by atoms with Crippen LogP contribution in [0.3, 0.4) is 0 Å². The number of carbonyl (C=O) groups is 1. The highest BCUT2D eigenvalue weighted by molar-refractivity contribution is 7.63. The van der Waals surface area contributed by atoms with Crippen molar-refractivity contribution in [3.05, 3.63) is 84.9 Å². The molecule has 0 spiro atoms. The molecule has 0 aliphatic carbocycles. The number of anilines is 1. The Balaban J connectivity index is 1.95. The van der Waals surface area contributed by atoms with E-state index in [-0.39, 0.29) is 0 Å². The Morgan fingerprint density at radius 2 is 1.20 bits per heavy atom. The molecule has 3 rings (SSSR count). The third kappa shape index (κ3) is 4.28. The maximum atomic E-state index is 13.5. The van der Waals surface area contributed by atoms with Crippen molar-refractivity contribution >= 4 is 25.0 Å². The van der Waals surface area contributed by atoms with Gasteiger partial charge in [0.15, 0.2) is 0 Å². The topological polar surface area (TPSA) is 64.6 Å². The highest BCUT2D eigenvalue weighted by Crippen LogP contribution is 2.47. The van der Waals surface area contributed by atoms with Crippen LogP contribution in [0.5, 0.6) is 11.5 Å². The number of rotatable bonds is 7. The number of hydrogen-bond acceptors (Lipinski definition) is 4. The number of nitrogens with one attached hydrogen (secondary N) is 1. The van der Waals surface area contributed by atoms with Crippen molar-refractivity contribution in [2.24, 2.45) is 0 Å². The summed E-state index contributed by atoms with van der Waals surface area (Å²) in [4.78, 5) is 10.5. The molecule has 0 aromatic heterocycles. The largest absolute Gasteiger partial charge is 0.462 e. The molecule has 3 aromatic rings. The molecule has 3 aromatic carbocycles. The number of hydrogen-bond donors (Lipinski definition) is 1. The summed E-state index contributed by atoms with van der Waals surface area (Å²) in [6.45, 7) is 0. The Morgan fingerprint density at radius 3 is 1.64 bits per heavy atom. The van der Waals surface area contributed by atoms with Crippen LogP contribution in [0, 0.1) is 0 Å². The second kappa shape index (κ2) is 7.69. The normalized spacial score (nSPS) is 10.7. The molecular weight excluding hydrogens is 337 g/mol. The maximum absolute atomic E-state index is 13.5. The van der Waals surface area contributed by atoms with E-state index in [9.17, 15) is 9.36 Å². The minimum absolute atomic E-state index is 0.386. The van der Waals surface area contributed by atoms with Gasteiger partial charge < -0.3 is 14.4 Å². The lowest BCUT2D eigenvalue weighted by molar-refractivity contribution is -0.105. The average molecular weight is 353 g/mol. The third-order valence-electron chi connectivity index (χ3n) is 3.35. The Labute approximate surface area is 145 Å². The molecule has 25 heavy (non-hydrogen) atoms. The summed E-state index contributed by atoms with van der Waals surface area (Å²) in [5.41, 5.74) is 0.588. The van der Waals surface area contributed by atoms with Gasteiger partial charge in [-0.1, -0.05) is 36.4 Å². The van der Waals surface area contributed by atoms with Crippen LogP contribution in [0.4, 0.5) is 5.69 Å². The van der Waals surface area contributed by atoms with Crippen LogP contribution in [0.2, 0.25) is 0 Å². The second-order valence-corrected chi connectivity index (χ2v) is 6.99. The Hall–Kier alpha value is -3.04. The van der Waals surface area contributed by atoms with Crippen molar-refractivity contribution in [3.63, 3.8) is 0 Å². The Bertz CT molecular complexity index is 821. The van der Waals surface area contributed by atoms with Gasteiger partial charge >= 0.3 is 7.60 Å². The summed E-state index contributed by atoms with van der Waals surface area (Å²) in [6, 6.07) is 24.2. The molecule has 1 N–H and O–H groups in total. The molecule has 6 heteroatoms. The fourth-order valence-electron chi connectivity index (χ4n) is 2.17. The van der Waals surface area contributed by atoms with Crippen molar-refractivity contribution in [2.45, 2.75) is 0 Å². The highest BCUT2D eigenvalue weighted by Gasteiger charge is 2.31. The Morgan fingerprint density at radius 1 is 0.720 bits per heavy atom.